The molecule has 0 saturated heterocycles. The summed E-state index contributed by atoms with van der Waals surface area (Å²) in [5.41, 5.74) is 7.06. The minimum atomic E-state index is -0.0262. The number of carbonyl (C=O) groups is 1. The van der Waals surface area contributed by atoms with Gasteiger partial charge in [0.05, 0.1) is 5.69 Å². The van der Waals surface area contributed by atoms with Crippen LogP contribution in [-0.2, 0) is 0 Å². The molecule has 0 fully saturated rings. The minimum Gasteiger partial charge on any atom is -0.396 e. The van der Waals surface area contributed by atoms with E-state index >= 15 is 0 Å². The molecule has 6 heteroatoms. The normalized spacial score (nSPS) is 10.8. The number of amides is 1. The number of anilines is 1. The number of rotatable bonds is 4. The van der Waals surface area contributed by atoms with Crippen LogP contribution in [0.4, 0.5) is 5.69 Å². The summed E-state index contributed by atoms with van der Waals surface area (Å²) in [5.74, 6) is -0.0262. The van der Waals surface area contributed by atoms with Crippen LogP contribution in [0.5, 0.6) is 0 Å². The van der Waals surface area contributed by atoms with Gasteiger partial charge < -0.3 is 10.6 Å². The van der Waals surface area contributed by atoms with Crippen LogP contribution in [0.15, 0.2) is 12.4 Å². The zero-order valence-electron chi connectivity index (χ0n) is 10.5. The van der Waals surface area contributed by atoms with Gasteiger partial charge in [-0.15, -0.1) is 11.3 Å². The van der Waals surface area contributed by atoms with Gasteiger partial charge in [-0.05, 0) is 13.3 Å². The van der Waals surface area contributed by atoms with Crippen molar-refractivity contribution in [3.8, 4) is 0 Å². The lowest BCUT2D eigenvalue weighted by atomic mass is 10.3. The van der Waals surface area contributed by atoms with E-state index < -0.39 is 0 Å². The summed E-state index contributed by atoms with van der Waals surface area (Å²) >= 11 is 1.31. The third-order valence-electron chi connectivity index (χ3n) is 2.72. The Morgan fingerprint density at radius 2 is 2.11 bits per heavy atom. The Morgan fingerprint density at radius 1 is 1.39 bits per heavy atom. The molecule has 0 aliphatic rings. The van der Waals surface area contributed by atoms with Crippen molar-refractivity contribution < 1.29 is 4.79 Å². The second-order valence-electron chi connectivity index (χ2n) is 3.94. The van der Waals surface area contributed by atoms with E-state index in [-0.39, 0.29) is 5.91 Å². The number of nitrogens with zero attached hydrogens (tertiary/aromatic N) is 3. The molecule has 0 aromatic carbocycles. The van der Waals surface area contributed by atoms with Gasteiger partial charge in [-0.3, -0.25) is 4.79 Å². The Morgan fingerprint density at radius 3 is 2.72 bits per heavy atom. The summed E-state index contributed by atoms with van der Waals surface area (Å²) < 4.78 is 0. The number of thiophene rings is 1. The Labute approximate surface area is 110 Å². The lowest BCUT2D eigenvalue weighted by molar-refractivity contribution is 0.0770. The molecule has 0 unspecified atom stereocenters. The fourth-order valence-corrected chi connectivity index (χ4v) is 2.81. The number of aromatic nitrogens is 2. The third-order valence-corrected chi connectivity index (χ3v) is 3.81. The first kappa shape index (κ1) is 12.8. The highest BCUT2D eigenvalue weighted by Gasteiger charge is 2.21. The fraction of sp³-hybridized carbons (Fsp3) is 0.417. The second kappa shape index (κ2) is 5.30. The average Bonchev–Trinajstić information content (AvgIpc) is 2.73. The number of nitrogens with two attached hydrogens (primary N) is 1. The Kier molecular flexibility index (Phi) is 3.76. The monoisotopic (exact) mass is 264 g/mol. The van der Waals surface area contributed by atoms with Crippen molar-refractivity contribution in [2.24, 2.45) is 0 Å². The van der Waals surface area contributed by atoms with Gasteiger partial charge in [0.15, 0.2) is 0 Å². The zero-order valence-corrected chi connectivity index (χ0v) is 11.3. The van der Waals surface area contributed by atoms with Gasteiger partial charge in [0.25, 0.3) is 5.91 Å². The smallest absolute Gasteiger partial charge is 0.266 e. The summed E-state index contributed by atoms with van der Waals surface area (Å²) in [4.78, 5) is 23.8. The predicted octanol–water partition coefficient (Wildman–Crippen LogP) is 2.15. The number of nitrogen functional groups attached to an aromatic ring is 1. The summed E-state index contributed by atoms with van der Waals surface area (Å²) in [6.07, 6.45) is 4.13. The Balaban J connectivity index is 2.41. The fourth-order valence-electron chi connectivity index (χ4n) is 1.82. The molecule has 2 aromatic rings. The molecule has 0 radical (unpaired) electrons. The third kappa shape index (κ3) is 2.15. The Bertz CT molecular complexity index is 566. The maximum absolute atomic E-state index is 12.4. The van der Waals surface area contributed by atoms with E-state index in [1.165, 1.54) is 11.3 Å². The number of carbonyl (C=O) groups excluding carboxylic acids is 1. The second-order valence-corrected chi connectivity index (χ2v) is 4.94. The highest BCUT2D eigenvalue weighted by Crippen LogP contribution is 2.31. The summed E-state index contributed by atoms with van der Waals surface area (Å²) in [6.45, 7) is 5.44. The van der Waals surface area contributed by atoms with E-state index in [9.17, 15) is 4.79 Å². The molecule has 2 heterocycles. The van der Waals surface area contributed by atoms with Gasteiger partial charge in [0.1, 0.15) is 15.2 Å². The molecule has 0 aliphatic heterocycles. The van der Waals surface area contributed by atoms with E-state index in [0.29, 0.717) is 27.5 Å². The molecule has 0 spiro atoms. The molecule has 18 heavy (non-hydrogen) atoms. The topological polar surface area (TPSA) is 72.1 Å². The van der Waals surface area contributed by atoms with Gasteiger partial charge in [-0.2, -0.15) is 0 Å². The quantitative estimate of drug-likeness (QED) is 0.918. The molecule has 0 aliphatic carbocycles. The maximum atomic E-state index is 12.4. The van der Waals surface area contributed by atoms with Crippen LogP contribution >= 0.6 is 11.3 Å². The van der Waals surface area contributed by atoms with Gasteiger partial charge >= 0.3 is 0 Å². The highest BCUT2D eigenvalue weighted by molar-refractivity contribution is 7.21. The van der Waals surface area contributed by atoms with E-state index in [1.807, 2.05) is 13.8 Å². The van der Waals surface area contributed by atoms with Crippen LogP contribution in [0.25, 0.3) is 10.3 Å². The number of fused-ring (bicyclic) bond motifs is 1. The molecule has 2 aromatic heterocycles. The molecular formula is C12H16N4OS. The van der Waals surface area contributed by atoms with Gasteiger partial charge in [-0.1, -0.05) is 6.92 Å². The van der Waals surface area contributed by atoms with Gasteiger partial charge in [0, 0.05) is 25.5 Å². The van der Waals surface area contributed by atoms with E-state index in [0.717, 1.165) is 13.0 Å². The highest BCUT2D eigenvalue weighted by atomic mass is 32.1. The standard InChI is InChI=1S/C12H16N4OS/c1-3-7-16(4-2)12(17)10-8(13)9-11(18-10)15-6-5-14-9/h5-6H,3-4,7,13H2,1-2H3. The van der Waals surface area contributed by atoms with E-state index in [4.69, 9.17) is 5.73 Å². The van der Waals surface area contributed by atoms with Crippen molar-refractivity contribution in [2.75, 3.05) is 18.8 Å². The van der Waals surface area contributed by atoms with Crippen LogP contribution in [0.1, 0.15) is 29.9 Å². The van der Waals surface area contributed by atoms with Crippen LogP contribution in [-0.4, -0.2) is 33.9 Å². The Hall–Kier alpha value is -1.69. The van der Waals surface area contributed by atoms with E-state index in [2.05, 4.69) is 9.97 Å². The molecule has 0 saturated carbocycles. The number of hydrogen-bond acceptors (Lipinski definition) is 5. The van der Waals surface area contributed by atoms with Crippen molar-refractivity contribution in [3.63, 3.8) is 0 Å². The largest absolute Gasteiger partial charge is 0.396 e. The first-order valence-corrected chi connectivity index (χ1v) is 6.78. The van der Waals surface area contributed by atoms with Crippen LogP contribution < -0.4 is 5.73 Å². The van der Waals surface area contributed by atoms with Crippen molar-refractivity contribution in [3.05, 3.63) is 17.3 Å². The summed E-state index contributed by atoms with van der Waals surface area (Å²) in [7, 11) is 0. The lowest BCUT2D eigenvalue weighted by Gasteiger charge is -2.19. The molecule has 0 atom stereocenters. The molecule has 96 valence electrons. The molecule has 1 amide bonds. The molecular weight excluding hydrogens is 248 g/mol. The van der Waals surface area contributed by atoms with E-state index in [1.54, 1.807) is 17.3 Å². The number of hydrogen-bond donors (Lipinski definition) is 1. The van der Waals surface area contributed by atoms with Crippen molar-refractivity contribution in [2.45, 2.75) is 20.3 Å². The maximum Gasteiger partial charge on any atom is 0.266 e. The van der Waals surface area contributed by atoms with Crippen molar-refractivity contribution >= 4 is 33.3 Å². The van der Waals surface area contributed by atoms with Crippen molar-refractivity contribution in [1.29, 1.82) is 0 Å². The van der Waals surface area contributed by atoms with Crippen molar-refractivity contribution in [1.82, 2.24) is 14.9 Å². The zero-order chi connectivity index (χ0) is 13.1. The first-order valence-electron chi connectivity index (χ1n) is 5.97. The molecule has 5 nitrogen and oxygen atoms in total. The van der Waals surface area contributed by atoms with Crippen LogP contribution in [0.3, 0.4) is 0 Å². The molecule has 2 N–H and O–H groups in total. The SMILES string of the molecule is CCCN(CC)C(=O)c1sc2nccnc2c1N. The lowest BCUT2D eigenvalue weighted by Crippen LogP contribution is -2.31. The first-order chi connectivity index (χ1) is 8.69. The van der Waals surface area contributed by atoms with Gasteiger partial charge in [-0.25, -0.2) is 9.97 Å². The van der Waals surface area contributed by atoms with Crippen LogP contribution in [0, 0.1) is 0 Å². The molecule has 0 bridgehead atoms. The van der Waals surface area contributed by atoms with Gasteiger partial charge in [0.2, 0.25) is 0 Å². The average molecular weight is 264 g/mol. The summed E-state index contributed by atoms with van der Waals surface area (Å²) in [6, 6.07) is 0. The summed E-state index contributed by atoms with van der Waals surface area (Å²) in [5, 5.41) is 0. The molecule has 2 rings (SSSR count). The predicted molar refractivity (Wildman–Crippen MR) is 73.7 cm³/mol. The van der Waals surface area contributed by atoms with Crippen LogP contribution in [0.2, 0.25) is 0 Å². The minimum absolute atomic E-state index is 0.0262.